The summed E-state index contributed by atoms with van der Waals surface area (Å²) >= 11 is 0. The van der Waals surface area contributed by atoms with Crippen LogP contribution in [0, 0.1) is 6.92 Å². The van der Waals surface area contributed by atoms with Crippen LogP contribution in [0.5, 0.6) is 0 Å². The molecule has 0 amide bonds. The van der Waals surface area contributed by atoms with Gasteiger partial charge in [-0.1, -0.05) is 6.07 Å². The molecule has 1 fully saturated rings. The van der Waals surface area contributed by atoms with Crippen molar-refractivity contribution in [2.24, 2.45) is 0 Å². The van der Waals surface area contributed by atoms with Crippen LogP contribution in [0.25, 0.3) is 11.1 Å². The van der Waals surface area contributed by atoms with Gasteiger partial charge in [-0.2, -0.15) is 13.2 Å². The fraction of sp³-hybridized carbons (Fsp3) is 0.318. The maximum Gasteiger partial charge on any atom is 0.506 e. The van der Waals surface area contributed by atoms with E-state index in [4.69, 9.17) is 9.84 Å². The molecule has 0 atom stereocenters. The molecule has 1 aromatic carbocycles. The molecule has 0 unspecified atom stereocenters. The minimum atomic E-state index is -4.56. The summed E-state index contributed by atoms with van der Waals surface area (Å²) in [6.07, 6.45) is -0.655. The van der Waals surface area contributed by atoms with Crippen LogP contribution in [-0.4, -0.2) is 50.4 Å². The average molecular weight is 474 g/mol. The maximum atomic E-state index is 12.9. The first-order chi connectivity index (χ1) is 16.2. The van der Waals surface area contributed by atoms with Crippen LogP contribution in [0.4, 0.5) is 35.5 Å². The van der Waals surface area contributed by atoms with E-state index in [9.17, 15) is 18.0 Å². The number of hydrogen-bond donors (Lipinski definition) is 2. The summed E-state index contributed by atoms with van der Waals surface area (Å²) in [5.41, 5.74) is 1.87. The van der Waals surface area contributed by atoms with Gasteiger partial charge in [-0.25, -0.2) is 24.7 Å². The molecule has 1 aliphatic rings. The summed E-state index contributed by atoms with van der Waals surface area (Å²) in [4.78, 5) is 28.9. The Labute approximate surface area is 192 Å². The second kappa shape index (κ2) is 9.49. The Hall–Kier alpha value is -3.96. The van der Waals surface area contributed by atoms with E-state index in [-0.39, 0.29) is 12.1 Å². The van der Waals surface area contributed by atoms with Crippen LogP contribution in [0.3, 0.4) is 0 Å². The van der Waals surface area contributed by atoms with Gasteiger partial charge in [0.05, 0.1) is 0 Å². The van der Waals surface area contributed by atoms with Crippen molar-refractivity contribution in [1.82, 2.24) is 19.9 Å². The second-order valence-corrected chi connectivity index (χ2v) is 7.82. The van der Waals surface area contributed by atoms with E-state index in [1.807, 2.05) is 17.9 Å². The lowest BCUT2D eigenvalue weighted by molar-refractivity contribution is -0.141. The van der Waals surface area contributed by atoms with Crippen molar-refractivity contribution in [3.8, 4) is 11.1 Å². The largest absolute Gasteiger partial charge is 0.506 e. The van der Waals surface area contributed by atoms with E-state index in [1.165, 1.54) is 0 Å². The third-order valence-corrected chi connectivity index (χ3v) is 5.24. The van der Waals surface area contributed by atoms with Crippen molar-refractivity contribution in [3.63, 3.8) is 0 Å². The molecular formula is C22H21F3N6O3. The molecule has 0 aliphatic carbocycles. The minimum Gasteiger partial charge on any atom is -0.450 e. The van der Waals surface area contributed by atoms with Crippen molar-refractivity contribution in [2.45, 2.75) is 32.0 Å². The Balaban J connectivity index is 1.47. The zero-order chi connectivity index (χ0) is 24.3. The average Bonchev–Trinajstić information content (AvgIpc) is 2.79. The van der Waals surface area contributed by atoms with Crippen molar-refractivity contribution < 1.29 is 27.8 Å². The van der Waals surface area contributed by atoms with Gasteiger partial charge in [0.1, 0.15) is 11.8 Å². The highest BCUT2D eigenvalue weighted by molar-refractivity contribution is 5.70. The monoisotopic (exact) mass is 474 g/mol. The molecule has 1 saturated heterocycles. The Morgan fingerprint density at radius 2 is 1.82 bits per heavy atom. The minimum absolute atomic E-state index is 0.159. The topological polar surface area (TPSA) is 113 Å². The SMILES string of the molecule is Cc1cc(Nc2nccc(C(F)(F)F)n2)cc(-c2cnc(N3CCC(OC(=O)O)CC3)nc2)c1. The van der Waals surface area contributed by atoms with Crippen LogP contribution in [0.1, 0.15) is 24.1 Å². The standard InChI is InChI=1S/C22H21F3N6O3/c1-13-8-14(10-16(9-13)29-19-26-5-2-18(30-19)22(23,24)25)15-11-27-20(28-12-15)31-6-3-17(4-7-31)34-21(32)33/h2,5,8-12,17H,3-4,6-7H2,1H3,(H,32,33)(H,26,29,30). The number of aryl methyl sites for hydroxylation is 1. The highest BCUT2D eigenvalue weighted by Gasteiger charge is 2.32. The number of nitrogens with zero attached hydrogens (tertiary/aromatic N) is 5. The molecule has 0 bridgehead atoms. The van der Waals surface area contributed by atoms with Gasteiger partial charge in [0.2, 0.25) is 11.9 Å². The van der Waals surface area contributed by atoms with Crippen LogP contribution in [0.15, 0.2) is 42.9 Å². The molecule has 4 rings (SSSR count). The number of aromatic nitrogens is 4. The predicted molar refractivity (Wildman–Crippen MR) is 117 cm³/mol. The number of alkyl halides is 3. The molecule has 178 valence electrons. The van der Waals surface area contributed by atoms with Gasteiger partial charge in [-0.05, 0) is 36.2 Å². The molecule has 0 spiro atoms. The summed E-state index contributed by atoms with van der Waals surface area (Å²) in [5, 5.41) is 11.6. The molecule has 9 nitrogen and oxygen atoms in total. The fourth-order valence-electron chi connectivity index (χ4n) is 3.68. The highest BCUT2D eigenvalue weighted by atomic mass is 19.4. The first-order valence-electron chi connectivity index (χ1n) is 10.4. The third kappa shape index (κ3) is 5.69. The molecule has 3 aromatic rings. The van der Waals surface area contributed by atoms with Crippen LogP contribution in [0.2, 0.25) is 0 Å². The van der Waals surface area contributed by atoms with Crippen molar-refractivity contribution >= 4 is 23.7 Å². The smallest absolute Gasteiger partial charge is 0.450 e. The van der Waals surface area contributed by atoms with Crippen LogP contribution in [-0.2, 0) is 10.9 Å². The van der Waals surface area contributed by atoms with Crippen LogP contribution < -0.4 is 10.2 Å². The molecule has 1 aliphatic heterocycles. The van der Waals surface area contributed by atoms with Crippen molar-refractivity contribution in [3.05, 3.63) is 54.1 Å². The van der Waals surface area contributed by atoms with E-state index in [2.05, 4.69) is 25.3 Å². The zero-order valence-corrected chi connectivity index (χ0v) is 18.1. The number of halogens is 3. The van der Waals surface area contributed by atoms with Gasteiger partial charge < -0.3 is 20.1 Å². The van der Waals surface area contributed by atoms with Gasteiger partial charge in [-0.15, -0.1) is 0 Å². The number of benzene rings is 1. The lowest BCUT2D eigenvalue weighted by Gasteiger charge is -2.30. The van der Waals surface area contributed by atoms with E-state index >= 15 is 0 Å². The van der Waals surface area contributed by atoms with E-state index in [0.29, 0.717) is 37.6 Å². The van der Waals surface area contributed by atoms with Gasteiger partial charge in [0.25, 0.3) is 0 Å². The molecule has 0 radical (unpaired) electrons. The number of hydrogen-bond acceptors (Lipinski definition) is 8. The summed E-state index contributed by atoms with van der Waals surface area (Å²) in [7, 11) is 0. The molecule has 34 heavy (non-hydrogen) atoms. The summed E-state index contributed by atoms with van der Waals surface area (Å²) in [6.45, 7) is 3.01. The number of carboxylic acid groups (broad SMARTS) is 1. The second-order valence-electron chi connectivity index (χ2n) is 7.82. The van der Waals surface area contributed by atoms with E-state index in [0.717, 1.165) is 29.0 Å². The lowest BCUT2D eigenvalue weighted by atomic mass is 10.1. The van der Waals surface area contributed by atoms with Crippen LogP contribution >= 0.6 is 0 Å². The van der Waals surface area contributed by atoms with Crippen molar-refractivity contribution in [2.75, 3.05) is 23.3 Å². The third-order valence-electron chi connectivity index (χ3n) is 5.24. The maximum absolute atomic E-state index is 12.9. The fourth-order valence-corrected chi connectivity index (χ4v) is 3.68. The molecule has 2 aromatic heterocycles. The number of ether oxygens (including phenoxy) is 1. The number of carbonyl (C=O) groups is 1. The summed E-state index contributed by atoms with van der Waals surface area (Å²) in [5.74, 6) is 0.370. The molecule has 3 heterocycles. The Kier molecular flexibility index (Phi) is 6.48. The highest BCUT2D eigenvalue weighted by Crippen LogP contribution is 2.29. The molecule has 0 saturated carbocycles. The number of nitrogens with one attached hydrogen (secondary N) is 1. The summed E-state index contributed by atoms with van der Waals surface area (Å²) < 4.78 is 43.6. The zero-order valence-electron chi connectivity index (χ0n) is 18.1. The predicted octanol–water partition coefficient (Wildman–Crippen LogP) is 4.67. The van der Waals surface area contributed by atoms with Gasteiger partial charge >= 0.3 is 12.3 Å². The Morgan fingerprint density at radius 3 is 2.47 bits per heavy atom. The van der Waals surface area contributed by atoms with Gasteiger partial charge in [0, 0.05) is 55.8 Å². The number of anilines is 3. The van der Waals surface area contributed by atoms with Gasteiger partial charge in [0.15, 0.2) is 0 Å². The molecular weight excluding hydrogens is 453 g/mol. The summed E-state index contributed by atoms with van der Waals surface area (Å²) in [6, 6.07) is 6.24. The van der Waals surface area contributed by atoms with E-state index < -0.39 is 18.0 Å². The number of piperidine rings is 1. The van der Waals surface area contributed by atoms with E-state index in [1.54, 1.807) is 24.5 Å². The first-order valence-corrected chi connectivity index (χ1v) is 10.4. The quantitative estimate of drug-likeness (QED) is 0.509. The Morgan fingerprint density at radius 1 is 1.12 bits per heavy atom. The Bertz CT molecular complexity index is 1170. The molecule has 12 heteroatoms. The van der Waals surface area contributed by atoms with Crippen molar-refractivity contribution in [1.29, 1.82) is 0 Å². The normalized spacial score (nSPS) is 14.6. The number of rotatable bonds is 5. The first kappa shape index (κ1) is 23.2. The van der Waals surface area contributed by atoms with Gasteiger partial charge in [-0.3, -0.25) is 0 Å². The molecule has 2 N–H and O–H groups in total. The lowest BCUT2D eigenvalue weighted by Crippen LogP contribution is -2.38.